The lowest BCUT2D eigenvalue weighted by Gasteiger charge is -2.17. The Hall–Kier alpha value is -1.05. The standard InChI is InChI=1S/C12H18FN/c1-9(2)8-10(3)14-12-7-5-4-6-11(12)13/h4-7,9-10,14H,8H2,1-3H3. The van der Waals surface area contributed by atoms with E-state index in [0.717, 1.165) is 6.42 Å². The van der Waals surface area contributed by atoms with E-state index in [9.17, 15) is 4.39 Å². The first-order valence-corrected chi connectivity index (χ1v) is 5.10. The van der Waals surface area contributed by atoms with Crippen molar-refractivity contribution < 1.29 is 4.39 Å². The Balaban J connectivity index is 2.56. The molecular formula is C12H18FN. The number of benzene rings is 1. The van der Waals surface area contributed by atoms with E-state index in [1.165, 1.54) is 6.07 Å². The van der Waals surface area contributed by atoms with Crippen molar-refractivity contribution in [2.24, 2.45) is 5.92 Å². The molecular weight excluding hydrogens is 177 g/mol. The van der Waals surface area contributed by atoms with Gasteiger partial charge < -0.3 is 5.32 Å². The summed E-state index contributed by atoms with van der Waals surface area (Å²) < 4.78 is 13.2. The third-order valence-corrected chi connectivity index (χ3v) is 2.10. The van der Waals surface area contributed by atoms with Crippen molar-refractivity contribution in [3.63, 3.8) is 0 Å². The summed E-state index contributed by atoms with van der Waals surface area (Å²) in [6.07, 6.45) is 1.05. The van der Waals surface area contributed by atoms with E-state index in [4.69, 9.17) is 0 Å². The van der Waals surface area contributed by atoms with Crippen molar-refractivity contribution >= 4 is 5.69 Å². The zero-order valence-corrected chi connectivity index (χ0v) is 9.05. The smallest absolute Gasteiger partial charge is 0.146 e. The molecule has 0 bridgehead atoms. The van der Waals surface area contributed by atoms with E-state index < -0.39 is 0 Å². The van der Waals surface area contributed by atoms with Gasteiger partial charge in [0.05, 0.1) is 5.69 Å². The lowest BCUT2D eigenvalue weighted by atomic mass is 10.1. The molecule has 1 rings (SSSR count). The molecule has 1 N–H and O–H groups in total. The Morgan fingerprint density at radius 3 is 2.43 bits per heavy atom. The van der Waals surface area contributed by atoms with Gasteiger partial charge in [0.25, 0.3) is 0 Å². The Labute approximate surface area is 85.3 Å². The normalized spacial score (nSPS) is 12.9. The minimum atomic E-state index is -0.178. The van der Waals surface area contributed by atoms with Crippen LogP contribution in [0.1, 0.15) is 27.2 Å². The molecule has 0 amide bonds. The van der Waals surface area contributed by atoms with Crippen LogP contribution in [0.4, 0.5) is 10.1 Å². The van der Waals surface area contributed by atoms with Crippen molar-refractivity contribution in [1.29, 1.82) is 0 Å². The SMILES string of the molecule is CC(C)CC(C)Nc1ccccc1F. The summed E-state index contributed by atoms with van der Waals surface area (Å²) in [4.78, 5) is 0. The molecule has 0 aliphatic heterocycles. The molecule has 1 atom stereocenters. The summed E-state index contributed by atoms with van der Waals surface area (Å²) in [5.41, 5.74) is 0.598. The lowest BCUT2D eigenvalue weighted by Crippen LogP contribution is -2.18. The molecule has 78 valence electrons. The topological polar surface area (TPSA) is 12.0 Å². The van der Waals surface area contributed by atoms with Crippen molar-refractivity contribution in [3.05, 3.63) is 30.1 Å². The lowest BCUT2D eigenvalue weighted by molar-refractivity contribution is 0.536. The molecule has 14 heavy (non-hydrogen) atoms. The van der Waals surface area contributed by atoms with Gasteiger partial charge in [-0.25, -0.2) is 4.39 Å². The van der Waals surface area contributed by atoms with Gasteiger partial charge in [0, 0.05) is 6.04 Å². The van der Waals surface area contributed by atoms with Gasteiger partial charge >= 0.3 is 0 Å². The second kappa shape index (κ2) is 4.99. The number of para-hydroxylation sites is 1. The highest BCUT2D eigenvalue weighted by atomic mass is 19.1. The molecule has 0 saturated carbocycles. The summed E-state index contributed by atoms with van der Waals surface area (Å²) in [7, 11) is 0. The molecule has 1 aromatic carbocycles. The van der Waals surface area contributed by atoms with E-state index in [-0.39, 0.29) is 5.82 Å². The first-order valence-electron chi connectivity index (χ1n) is 5.10. The predicted molar refractivity (Wildman–Crippen MR) is 58.9 cm³/mol. The quantitative estimate of drug-likeness (QED) is 0.773. The molecule has 0 aromatic heterocycles. The van der Waals surface area contributed by atoms with Gasteiger partial charge in [-0.3, -0.25) is 0 Å². The molecule has 0 saturated heterocycles. The first kappa shape index (κ1) is 11.0. The third-order valence-electron chi connectivity index (χ3n) is 2.10. The van der Waals surface area contributed by atoms with Crippen LogP contribution in [-0.2, 0) is 0 Å². The molecule has 0 heterocycles. The number of hydrogen-bond acceptors (Lipinski definition) is 1. The zero-order valence-electron chi connectivity index (χ0n) is 9.05. The average Bonchev–Trinajstić information content (AvgIpc) is 2.07. The largest absolute Gasteiger partial charge is 0.380 e. The summed E-state index contributed by atoms with van der Waals surface area (Å²) in [6.45, 7) is 6.41. The molecule has 0 radical (unpaired) electrons. The van der Waals surface area contributed by atoms with Gasteiger partial charge in [-0.1, -0.05) is 26.0 Å². The number of hydrogen-bond donors (Lipinski definition) is 1. The van der Waals surface area contributed by atoms with Crippen molar-refractivity contribution in [1.82, 2.24) is 0 Å². The zero-order chi connectivity index (χ0) is 10.6. The number of anilines is 1. The van der Waals surface area contributed by atoms with Gasteiger partial charge in [0.1, 0.15) is 5.82 Å². The highest BCUT2D eigenvalue weighted by Crippen LogP contribution is 2.16. The Bertz CT molecular complexity index is 283. The fourth-order valence-electron chi connectivity index (χ4n) is 1.61. The molecule has 1 unspecified atom stereocenters. The Kier molecular flexibility index (Phi) is 3.93. The second-order valence-electron chi connectivity index (χ2n) is 4.15. The minimum absolute atomic E-state index is 0.178. The van der Waals surface area contributed by atoms with Crippen molar-refractivity contribution in [2.75, 3.05) is 5.32 Å². The van der Waals surface area contributed by atoms with E-state index in [2.05, 4.69) is 26.1 Å². The average molecular weight is 195 g/mol. The number of rotatable bonds is 4. The van der Waals surface area contributed by atoms with E-state index in [0.29, 0.717) is 17.6 Å². The highest BCUT2D eigenvalue weighted by Gasteiger charge is 2.06. The molecule has 0 aliphatic rings. The molecule has 0 fully saturated rings. The Morgan fingerprint density at radius 2 is 1.86 bits per heavy atom. The fourth-order valence-corrected chi connectivity index (χ4v) is 1.61. The number of halogens is 1. The van der Waals surface area contributed by atoms with E-state index in [1.807, 2.05) is 6.07 Å². The number of nitrogens with one attached hydrogen (secondary N) is 1. The molecule has 1 aromatic rings. The van der Waals surface area contributed by atoms with E-state index >= 15 is 0 Å². The predicted octanol–water partition coefficient (Wildman–Crippen LogP) is 3.67. The first-order chi connectivity index (χ1) is 6.59. The van der Waals surface area contributed by atoms with Gasteiger partial charge in [0.15, 0.2) is 0 Å². The van der Waals surface area contributed by atoms with Crippen LogP contribution in [0.25, 0.3) is 0 Å². The van der Waals surface area contributed by atoms with Crippen LogP contribution in [0.15, 0.2) is 24.3 Å². The van der Waals surface area contributed by atoms with Crippen molar-refractivity contribution in [3.8, 4) is 0 Å². The van der Waals surface area contributed by atoms with Crippen LogP contribution < -0.4 is 5.32 Å². The van der Waals surface area contributed by atoms with Crippen molar-refractivity contribution in [2.45, 2.75) is 33.2 Å². The van der Waals surface area contributed by atoms with Crippen LogP contribution in [0.2, 0.25) is 0 Å². The highest BCUT2D eigenvalue weighted by molar-refractivity contribution is 5.44. The summed E-state index contributed by atoms with van der Waals surface area (Å²) in [5.74, 6) is 0.451. The molecule has 1 nitrogen and oxygen atoms in total. The van der Waals surface area contributed by atoms with Crippen LogP contribution in [0, 0.1) is 11.7 Å². The molecule has 0 spiro atoms. The maximum absolute atomic E-state index is 13.2. The van der Waals surface area contributed by atoms with Gasteiger partial charge in [-0.05, 0) is 31.4 Å². The molecule has 2 heteroatoms. The molecule has 0 aliphatic carbocycles. The monoisotopic (exact) mass is 195 g/mol. The van der Waals surface area contributed by atoms with Crippen LogP contribution in [-0.4, -0.2) is 6.04 Å². The van der Waals surface area contributed by atoms with Gasteiger partial charge in [0.2, 0.25) is 0 Å². The second-order valence-corrected chi connectivity index (χ2v) is 4.15. The third kappa shape index (κ3) is 3.36. The Morgan fingerprint density at radius 1 is 1.21 bits per heavy atom. The maximum atomic E-state index is 13.2. The summed E-state index contributed by atoms with van der Waals surface area (Å²) in [6, 6.07) is 7.10. The van der Waals surface area contributed by atoms with Crippen LogP contribution in [0.3, 0.4) is 0 Å². The summed E-state index contributed by atoms with van der Waals surface area (Å²) in [5, 5.41) is 3.17. The summed E-state index contributed by atoms with van der Waals surface area (Å²) >= 11 is 0. The van der Waals surface area contributed by atoms with Gasteiger partial charge in [-0.15, -0.1) is 0 Å². The maximum Gasteiger partial charge on any atom is 0.146 e. The minimum Gasteiger partial charge on any atom is -0.380 e. The van der Waals surface area contributed by atoms with Crippen LogP contribution >= 0.6 is 0 Å². The van der Waals surface area contributed by atoms with Gasteiger partial charge in [-0.2, -0.15) is 0 Å². The fraction of sp³-hybridized carbons (Fsp3) is 0.500. The van der Waals surface area contributed by atoms with Crippen LogP contribution in [0.5, 0.6) is 0 Å². The van der Waals surface area contributed by atoms with E-state index in [1.54, 1.807) is 12.1 Å².